The van der Waals surface area contributed by atoms with Crippen molar-refractivity contribution in [2.24, 2.45) is 0 Å². The van der Waals surface area contributed by atoms with E-state index >= 15 is 0 Å². The Labute approximate surface area is 116 Å². The smallest absolute Gasteiger partial charge is 0.313 e. The fourth-order valence-electron chi connectivity index (χ4n) is 1.38. The van der Waals surface area contributed by atoms with E-state index in [-0.39, 0.29) is 19.0 Å². The molecule has 1 aromatic rings. The molecule has 0 atom stereocenters. The fraction of sp³-hybridized carbons (Fsp3) is 0.308. The van der Waals surface area contributed by atoms with Crippen LogP contribution >= 0.6 is 0 Å². The van der Waals surface area contributed by atoms with Crippen molar-refractivity contribution < 1.29 is 19.1 Å². The number of nitrogens with one attached hydrogen (secondary N) is 3. The summed E-state index contributed by atoms with van der Waals surface area (Å²) in [7, 11) is 1.51. The topological polar surface area (TPSA) is 96.5 Å². The maximum absolute atomic E-state index is 11.6. The molecule has 0 spiro atoms. The second kappa shape index (κ2) is 7.78. The average Bonchev–Trinajstić information content (AvgIpc) is 2.43. The van der Waals surface area contributed by atoms with Crippen LogP contribution in [0.1, 0.15) is 6.92 Å². The van der Waals surface area contributed by atoms with E-state index in [0.29, 0.717) is 11.4 Å². The van der Waals surface area contributed by atoms with Crippen LogP contribution in [0.5, 0.6) is 5.75 Å². The summed E-state index contributed by atoms with van der Waals surface area (Å²) in [6.07, 6.45) is 0. The molecule has 0 saturated heterocycles. The summed E-state index contributed by atoms with van der Waals surface area (Å²) in [4.78, 5) is 33.7. The number of amides is 3. The maximum Gasteiger partial charge on any atom is 0.313 e. The van der Waals surface area contributed by atoms with Crippen molar-refractivity contribution in [2.45, 2.75) is 6.92 Å². The minimum Gasteiger partial charge on any atom is -0.497 e. The van der Waals surface area contributed by atoms with Crippen LogP contribution in [0.3, 0.4) is 0 Å². The van der Waals surface area contributed by atoms with Gasteiger partial charge in [0.1, 0.15) is 5.75 Å². The van der Waals surface area contributed by atoms with Gasteiger partial charge in [-0.2, -0.15) is 0 Å². The third-order valence-electron chi connectivity index (χ3n) is 2.32. The number of anilines is 1. The summed E-state index contributed by atoms with van der Waals surface area (Å²) in [5, 5.41) is 7.34. The number of hydrogen-bond donors (Lipinski definition) is 3. The molecule has 3 N–H and O–H groups in total. The summed E-state index contributed by atoms with van der Waals surface area (Å²) in [6.45, 7) is 1.83. The average molecular weight is 279 g/mol. The van der Waals surface area contributed by atoms with E-state index in [1.807, 2.05) is 0 Å². The third kappa shape index (κ3) is 5.38. The van der Waals surface area contributed by atoms with Gasteiger partial charge in [-0.3, -0.25) is 14.4 Å². The molecule has 0 radical (unpaired) electrons. The minimum atomic E-state index is -0.777. The van der Waals surface area contributed by atoms with E-state index in [9.17, 15) is 14.4 Å². The first-order valence-corrected chi connectivity index (χ1v) is 6.00. The van der Waals surface area contributed by atoms with Gasteiger partial charge < -0.3 is 20.7 Å². The van der Waals surface area contributed by atoms with Crippen LogP contribution in [0.15, 0.2) is 24.3 Å². The molecule has 20 heavy (non-hydrogen) atoms. The Morgan fingerprint density at radius 2 is 1.80 bits per heavy atom. The number of ether oxygens (including phenoxy) is 1. The lowest BCUT2D eigenvalue weighted by atomic mass is 10.3. The Morgan fingerprint density at radius 1 is 1.10 bits per heavy atom. The molecule has 7 nitrogen and oxygen atoms in total. The lowest BCUT2D eigenvalue weighted by molar-refractivity contribution is -0.136. The highest BCUT2D eigenvalue weighted by molar-refractivity contribution is 6.39. The van der Waals surface area contributed by atoms with Gasteiger partial charge in [0.2, 0.25) is 5.91 Å². The van der Waals surface area contributed by atoms with Crippen LogP contribution in [0.4, 0.5) is 5.69 Å². The first-order valence-electron chi connectivity index (χ1n) is 6.00. The van der Waals surface area contributed by atoms with Crippen molar-refractivity contribution in [1.82, 2.24) is 10.6 Å². The van der Waals surface area contributed by atoms with Crippen molar-refractivity contribution in [3.63, 3.8) is 0 Å². The Kier molecular flexibility index (Phi) is 6.02. The Morgan fingerprint density at radius 3 is 2.45 bits per heavy atom. The zero-order chi connectivity index (χ0) is 15.0. The molecule has 0 bridgehead atoms. The summed E-state index contributed by atoms with van der Waals surface area (Å²) in [6, 6.07) is 6.67. The van der Waals surface area contributed by atoms with Gasteiger partial charge >= 0.3 is 11.8 Å². The van der Waals surface area contributed by atoms with Crippen molar-refractivity contribution in [3.05, 3.63) is 24.3 Å². The molecule has 0 aliphatic carbocycles. The lowest BCUT2D eigenvalue weighted by Gasteiger charge is -2.07. The van der Waals surface area contributed by atoms with Crippen LogP contribution in [-0.2, 0) is 14.4 Å². The molecular weight excluding hydrogens is 262 g/mol. The molecule has 1 aromatic carbocycles. The first kappa shape index (κ1) is 15.5. The highest BCUT2D eigenvalue weighted by Crippen LogP contribution is 2.16. The Hall–Kier alpha value is -2.57. The van der Waals surface area contributed by atoms with Crippen LogP contribution in [0.2, 0.25) is 0 Å². The van der Waals surface area contributed by atoms with Gasteiger partial charge in [-0.05, 0) is 12.1 Å². The number of hydrogen-bond acceptors (Lipinski definition) is 4. The second-order valence-corrected chi connectivity index (χ2v) is 3.92. The van der Waals surface area contributed by atoms with Crippen molar-refractivity contribution >= 4 is 23.4 Å². The Bertz CT molecular complexity index is 502. The van der Waals surface area contributed by atoms with Gasteiger partial charge in [0.15, 0.2) is 0 Å². The van der Waals surface area contributed by atoms with Crippen LogP contribution < -0.4 is 20.7 Å². The van der Waals surface area contributed by atoms with E-state index in [4.69, 9.17) is 4.74 Å². The van der Waals surface area contributed by atoms with E-state index in [2.05, 4.69) is 16.0 Å². The standard InChI is InChI=1S/C13H17N3O4/c1-9(17)14-6-7-15-12(18)13(19)16-10-4-3-5-11(8-10)20-2/h3-5,8H,6-7H2,1-2H3,(H,14,17)(H,15,18)(H,16,19). The lowest BCUT2D eigenvalue weighted by Crippen LogP contribution is -2.39. The van der Waals surface area contributed by atoms with E-state index in [1.165, 1.54) is 14.0 Å². The molecule has 0 saturated carbocycles. The number of benzene rings is 1. The van der Waals surface area contributed by atoms with Gasteiger partial charge in [-0.1, -0.05) is 6.07 Å². The first-order chi connectivity index (χ1) is 9.52. The van der Waals surface area contributed by atoms with Crippen LogP contribution in [-0.4, -0.2) is 37.9 Å². The van der Waals surface area contributed by atoms with E-state index in [1.54, 1.807) is 24.3 Å². The van der Waals surface area contributed by atoms with E-state index < -0.39 is 11.8 Å². The molecule has 7 heteroatoms. The fourth-order valence-corrected chi connectivity index (χ4v) is 1.38. The molecule has 0 unspecified atom stereocenters. The molecule has 0 fully saturated rings. The van der Waals surface area contributed by atoms with E-state index in [0.717, 1.165) is 0 Å². The van der Waals surface area contributed by atoms with Gasteiger partial charge in [-0.15, -0.1) is 0 Å². The van der Waals surface area contributed by atoms with Gasteiger partial charge in [0.05, 0.1) is 7.11 Å². The molecule has 108 valence electrons. The quantitative estimate of drug-likeness (QED) is 0.517. The summed E-state index contributed by atoms with van der Waals surface area (Å²) in [5.74, 6) is -1.16. The third-order valence-corrected chi connectivity index (χ3v) is 2.32. The number of carbonyl (C=O) groups excluding carboxylic acids is 3. The predicted octanol–water partition coefficient (Wildman–Crippen LogP) is -0.114. The zero-order valence-corrected chi connectivity index (χ0v) is 11.4. The highest BCUT2D eigenvalue weighted by Gasteiger charge is 2.13. The van der Waals surface area contributed by atoms with Gasteiger partial charge in [0.25, 0.3) is 0 Å². The number of methoxy groups -OCH3 is 1. The maximum atomic E-state index is 11.6. The molecule has 0 aliphatic heterocycles. The van der Waals surface area contributed by atoms with Crippen LogP contribution in [0, 0.1) is 0 Å². The Balaban J connectivity index is 2.41. The van der Waals surface area contributed by atoms with Gasteiger partial charge in [-0.25, -0.2) is 0 Å². The van der Waals surface area contributed by atoms with Crippen molar-refractivity contribution in [3.8, 4) is 5.75 Å². The number of carbonyl (C=O) groups is 3. The normalized spacial score (nSPS) is 9.50. The second-order valence-electron chi connectivity index (χ2n) is 3.92. The largest absolute Gasteiger partial charge is 0.497 e. The summed E-state index contributed by atoms with van der Waals surface area (Å²) in [5.41, 5.74) is 0.464. The van der Waals surface area contributed by atoms with Crippen molar-refractivity contribution in [1.29, 1.82) is 0 Å². The minimum absolute atomic E-state index is 0.184. The molecule has 3 amide bonds. The molecular formula is C13H17N3O4. The van der Waals surface area contributed by atoms with Crippen LogP contribution in [0.25, 0.3) is 0 Å². The van der Waals surface area contributed by atoms with Gasteiger partial charge in [0, 0.05) is 31.8 Å². The molecule has 0 heterocycles. The predicted molar refractivity (Wildman–Crippen MR) is 73.3 cm³/mol. The zero-order valence-electron chi connectivity index (χ0n) is 11.4. The molecule has 0 aromatic heterocycles. The SMILES string of the molecule is COc1cccc(NC(=O)C(=O)NCCNC(C)=O)c1. The molecule has 0 aliphatic rings. The highest BCUT2D eigenvalue weighted by atomic mass is 16.5. The summed E-state index contributed by atoms with van der Waals surface area (Å²) < 4.78 is 5.01. The summed E-state index contributed by atoms with van der Waals surface area (Å²) >= 11 is 0. The monoisotopic (exact) mass is 279 g/mol. The molecule has 1 rings (SSSR count). The number of rotatable bonds is 5. The van der Waals surface area contributed by atoms with Crippen molar-refractivity contribution in [2.75, 3.05) is 25.5 Å².